The predicted octanol–water partition coefficient (Wildman–Crippen LogP) is 4.35. The van der Waals surface area contributed by atoms with Crippen molar-refractivity contribution in [3.8, 4) is 17.4 Å². The number of benzene rings is 1. The molecule has 1 aliphatic rings. The summed E-state index contributed by atoms with van der Waals surface area (Å²) < 4.78 is 46.9. The minimum absolute atomic E-state index is 0.0313. The minimum atomic E-state index is -2.97. The number of likely N-dealkylation sites (tertiary alicyclic amines) is 1. The summed E-state index contributed by atoms with van der Waals surface area (Å²) >= 11 is 0. The highest BCUT2D eigenvalue weighted by molar-refractivity contribution is 6.04. The van der Waals surface area contributed by atoms with Crippen LogP contribution in [0.25, 0.3) is 0 Å². The van der Waals surface area contributed by atoms with Gasteiger partial charge in [-0.3, -0.25) is 9.59 Å². The number of alkyl halides is 2. The van der Waals surface area contributed by atoms with E-state index in [-0.39, 0.29) is 40.4 Å². The maximum Gasteiger partial charge on any atom is 0.435 e. The topological polar surface area (TPSA) is 147 Å². The molecule has 3 aromatic rings. The number of hydrogen-bond acceptors (Lipinski definition) is 10. The van der Waals surface area contributed by atoms with Crippen molar-refractivity contribution in [2.24, 2.45) is 0 Å². The van der Waals surface area contributed by atoms with E-state index >= 15 is 0 Å². The molecule has 1 N–H and O–H groups in total. The maximum absolute atomic E-state index is 13.1. The molecule has 0 bridgehead atoms. The molecule has 0 spiro atoms. The van der Waals surface area contributed by atoms with Crippen LogP contribution in [0, 0.1) is 0 Å². The van der Waals surface area contributed by atoms with Crippen molar-refractivity contribution in [1.82, 2.24) is 24.6 Å². The van der Waals surface area contributed by atoms with Crippen molar-refractivity contribution in [3.05, 3.63) is 54.1 Å². The van der Waals surface area contributed by atoms with E-state index < -0.39 is 36.9 Å². The van der Waals surface area contributed by atoms with Crippen LogP contribution >= 0.6 is 0 Å². The molecule has 0 aliphatic carbocycles. The molecule has 1 unspecified atom stereocenters. The normalized spacial score (nSPS) is 13.7. The highest BCUT2D eigenvalue weighted by Gasteiger charge is 2.23. The van der Waals surface area contributed by atoms with Crippen molar-refractivity contribution < 1.29 is 42.1 Å². The molecule has 1 fully saturated rings. The van der Waals surface area contributed by atoms with Crippen LogP contribution in [0.15, 0.2) is 42.9 Å². The van der Waals surface area contributed by atoms with E-state index in [1.807, 2.05) is 0 Å². The molecule has 224 valence electrons. The summed E-state index contributed by atoms with van der Waals surface area (Å²) in [6, 6.07) is 5.58. The van der Waals surface area contributed by atoms with Crippen molar-refractivity contribution in [2.45, 2.75) is 52.4 Å². The molecule has 3 heterocycles. The first kappa shape index (κ1) is 30.3. The van der Waals surface area contributed by atoms with E-state index in [4.69, 9.17) is 14.2 Å². The van der Waals surface area contributed by atoms with Gasteiger partial charge in [-0.15, -0.1) is 5.10 Å². The zero-order valence-corrected chi connectivity index (χ0v) is 23.4. The number of aromatic nitrogens is 4. The van der Waals surface area contributed by atoms with Gasteiger partial charge in [-0.25, -0.2) is 14.8 Å². The van der Waals surface area contributed by atoms with Gasteiger partial charge in [0.2, 0.25) is 5.88 Å². The van der Waals surface area contributed by atoms with E-state index in [2.05, 4.69) is 25.1 Å². The Morgan fingerprint density at radius 2 is 1.81 bits per heavy atom. The van der Waals surface area contributed by atoms with Crippen LogP contribution < -0.4 is 14.8 Å². The lowest BCUT2D eigenvalue weighted by Gasteiger charge is -2.30. The van der Waals surface area contributed by atoms with Gasteiger partial charge in [0.05, 0.1) is 19.0 Å². The molecule has 13 nitrogen and oxygen atoms in total. The van der Waals surface area contributed by atoms with E-state index in [1.54, 1.807) is 25.7 Å². The van der Waals surface area contributed by atoms with Gasteiger partial charge < -0.3 is 29.2 Å². The lowest BCUT2D eigenvalue weighted by molar-refractivity contribution is -0.142. The van der Waals surface area contributed by atoms with Crippen LogP contribution in [0.3, 0.4) is 0 Å². The van der Waals surface area contributed by atoms with Gasteiger partial charge in [0.25, 0.3) is 11.8 Å². The second-order valence-corrected chi connectivity index (χ2v) is 10.3. The van der Waals surface area contributed by atoms with Gasteiger partial charge in [-0.05, 0) is 46.2 Å². The Morgan fingerprint density at radius 3 is 2.43 bits per heavy atom. The fourth-order valence-electron chi connectivity index (χ4n) is 3.58. The number of carbonyl (C=O) groups excluding carboxylic acids is 3. The Bertz CT molecular complexity index is 1420. The van der Waals surface area contributed by atoms with Gasteiger partial charge in [0.15, 0.2) is 5.82 Å². The average Bonchev–Trinajstić information content (AvgIpc) is 3.34. The number of ether oxygens (including phenoxy) is 4. The van der Waals surface area contributed by atoms with Gasteiger partial charge in [0, 0.05) is 37.0 Å². The first-order valence-corrected chi connectivity index (χ1v) is 13.0. The Kier molecular flexibility index (Phi) is 9.30. The van der Waals surface area contributed by atoms with Gasteiger partial charge in [0.1, 0.15) is 28.9 Å². The third-order valence-corrected chi connectivity index (χ3v) is 5.56. The number of rotatable bonds is 10. The summed E-state index contributed by atoms with van der Waals surface area (Å²) in [5.41, 5.74) is -0.526. The summed E-state index contributed by atoms with van der Waals surface area (Å²) in [6.45, 7) is 4.58. The fourth-order valence-corrected chi connectivity index (χ4v) is 3.58. The molecule has 1 atom stereocenters. The molecular formula is C27H30F2N6O7. The lowest BCUT2D eigenvalue weighted by atomic mass is 10.2. The molecule has 1 aliphatic heterocycles. The highest BCUT2D eigenvalue weighted by atomic mass is 19.3. The van der Waals surface area contributed by atoms with E-state index in [0.29, 0.717) is 13.1 Å². The monoisotopic (exact) mass is 588 g/mol. The zero-order chi connectivity index (χ0) is 30.4. The maximum atomic E-state index is 13.1. The summed E-state index contributed by atoms with van der Waals surface area (Å²) in [7, 11) is 0. The average molecular weight is 589 g/mol. The SMILES string of the molecule is CC(COC(F)F)Oc1cc(Oc2cnc(C(=O)N3CCC3)cn2)cc(C(=O)Nc2ccn(C(=O)OC(C)(C)C)n2)c1. The van der Waals surface area contributed by atoms with Crippen LogP contribution in [0.5, 0.6) is 17.4 Å². The molecule has 1 saturated heterocycles. The number of carbonyl (C=O) groups is 3. The van der Waals surface area contributed by atoms with Crippen molar-refractivity contribution in [2.75, 3.05) is 25.0 Å². The number of halogens is 2. The Hall–Kier alpha value is -4.66. The quantitative estimate of drug-likeness (QED) is 0.362. The minimum Gasteiger partial charge on any atom is -0.488 e. The smallest absolute Gasteiger partial charge is 0.435 e. The van der Waals surface area contributed by atoms with Crippen LogP contribution in [0.4, 0.5) is 19.4 Å². The number of nitrogens with one attached hydrogen (secondary N) is 1. The standard InChI is InChI=1S/C27H30F2N6O7/c1-16(15-39-25(28)29)40-18-10-17(23(36)32-21-6-9-35(33-21)26(38)42-27(2,3)4)11-19(12-18)41-22-14-30-20(13-31-22)24(37)34-7-5-8-34/h6,9-14,16,25H,5,7-8,15H2,1-4H3,(H,32,33,36). The molecule has 42 heavy (non-hydrogen) atoms. The molecule has 1 aromatic carbocycles. The van der Waals surface area contributed by atoms with Gasteiger partial charge in [-0.2, -0.15) is 13.5 Å². The van der Waals surface area contributed by atoms with Crippen LogP contribution in [-0.4, -0.2) is 80.6 Å². The van der Waals surface area contributed by atoms with Crippen LogP contribution in [-0.2, 0) is 9.47 Å². The number of hydrogen-bond donors (Lipinski definition) is 1. The van der Waals surface area contributed by atoms with Gasteiger partial charge in [-0.1, -0.05) is 0 Å². The predicted molar refractivity (Wildman–Crippen MR) is 143 cm³/mol. The first-order chi connectivity index (χ1) is 19.9. The van der Waals surface area contributed by atoms with Crippen LogP contribution in [0.2, 0.25) is 0 Å². The Balaban J connectivity index is 1.52. The number of amides is 2. The Morgan fingerprint density at radius 1 is 1.07 bits per heavy atom. The van der Waals surface area contributed by atoms with Gasteiger partial charge >= 0.3 is 12.7 Å². The van der Waals surface area contributed by atoms with E-state index in [9.17, 15) is 23.2 Å². The molecule has 0 saturated carbocycles. The second kappa shape index (κ2) is 12.9. The Labute approximate surface area is 239 Å². The summed E-state index contributed by atoms with van der Waals surface area (Å²) in [5, 5.41) is 6.58. The van der Waals surface area contributed by atoms with Crippen LogP contribution in [0.1, 0.15) is 55.0 Å². The number of anilines is 1. The molecule has 15 heteroatoms. The summed E-state index contributed by atoms with van der Waals surface area (Å²) in [6.07, 6.45) is 3.29. The first-order valence-electron chi connectivity index (χ1n) is 13.0. The zero-order valence-electron chi connectivity index (χ0n) is 23.4. The second-order valence-electron chi connectivity index (χ2n) is 10.3. The molecule has 4 rings (SSSR count). The summed E-state index contributed by atoms with van der Waals surface area (Å²) in [4.78, 5) is 47.6. The van der Waals surface area contributed by atoms with E-state index in [0.717, 1.165) is 11.1 Å². The third kappa shape index (κ3) is 8.42. The molecule has 2 aromatic heterocycles. The van der Waals surface area contributed by atoms with Crippen molar-refractivity contribution in [3.63, 3.8) is 0 Å². The van der Waals surface area contributed by atoms with E-state index in [1.165, 1.54) is 49.8 Å². The largest absolute Gasteiger partial charge is 0.488 e. The lowest BCUT2D eigenvalue weighted by Crippen LogP contribution is -2.42. The molecule has 0 radical (unpaired) electrons. The highest BCUT2D eigenvalue weighted by Crippen LogP contribution is 2.28. The van der Waals surface area contributed by atoms with Crippen molar-refractivity contribution in [1.29, 1.82) is 0 Å². The number of nitrogens with zero attached hydrogens (tertiary/aromatic N) is 5. The summed E-state index contributed by atoms with van der Waals surface area (Å²) in [5.74, 6) is -0.563. The van der Waals surface area contributed by atoms with Crippen molar-refractivity contribution >= 4 is 23.7 Å². The third-order valence-electron chi connectivity index (χ3n) is 5.56. The molecular weight excluding hydrogens is 558 g/mol. The molecule has 2 amide bonds. The fraction of sp³-hybridized carbons (Fsp3) is 0.407.